The molecule has 0 amide bonds. The van der Waals surface area contributed by atoms with Crippen LogP contribution in [0.25, 0.3) is 0 Å². The highest BCUT2D eigenvalue weighted by atomic mass is 19.1. The van der Waals surface area contributed by atoms with Gasteiger partial charge in [-0.05, 0) is 73.5 Å². The van der Waals surface area contributed by atoms with Crippen LogP contribution in [0.15, 0.2) is 11.6 Å². The Kier molecular flexibility index (Phi) is 3.30. The SMILES string of the molecule is C[C@]12CC[C@H]3[C@@H](CC=C4C[C@H](O)CC[C@@]43C)[C@@H]1C[C@@H](F)[C@@H]2N. The summed E-state index contributed by atoms with van der Waals surface area (Å²) in [5, 5.41) is 10.0. The molecule has 3 heteroatoms. The molecule has 8 atom stereocenters. The minimum atomic E-state index is -0.819. The van der Waals surface area contributed by atoms with Gasteiger partial charge in [0.15, 0.2) is 0 Å². The average molecular weight is 307 g/mol. The molecule has 0 aromatic rings. The number of halogens is 1. The van der Waals surface area contributed by atoms with Crippen molar-refractivity contribution in [1.29, 1.82) is 0 Å². The summed E-state index contributed by atoms with van der Waals surface area (Å²) in [6.07, 6.45) is 8.29. The van der Waals surface area contributed by atoms with E-state index in [9.17, 15) is 9.50 Å². The van der Waals surface area contributed by atoms with E-state index >= 15 is 0 Å². The van der Waals surface area contributed by atoms with Crippen molar-refractivity contribution < 1.29 is 9.50 Å². The zero-order valence-corrected chi connectivity index (χ0v) is 13.9. The molecule has 0 aromatic heterocycles. The third kappa shape index (κ3) is 1.84. The Labute approximate surface area is 133 Å². The van der Waals surface area contributed by atoms with Gasteiger partial charge in [-0.2, -0.15) is 0 Å². The Bertz CT molecular complexity index is 506. The third-order valence-corrected chi connectivity index (χ3v) is 8.15. The van der Waals surface area contributed by atoms with Crippen molar-refractivity contribution in [2.24, 2.45) is 34.3 Å². The Balaban J connectivity index is 1.68. The van der Waals surface area contributed by atoms with Crippen molar-refractivity contribution in [3.8, 4) is 0 Å². The van der Waals surface area contributed by atoms with Crippen molar-refractivity contribution in [3.05, 3.63) is 11.6 Å². The minimum Gasteiger partial charge on any atom is -0.393 e. The Morgan fingerprint density at radius 2 is 2.00 bits per heavy atom. The van der Waals surface area contributed by atoms with Gasteiger partial charge in [-0.1, -0.05) is 25.5 Å². The zero-order valence-electron chi connectivity index (χ0n) is 13.9. The number of nitrogens with two attached hydrogens (primary N) is 1. The van der Waals surface area contributed by atoms with Crippen molar-refractivity contribution in [2.75, 3.05) is 0 Å². The summed E-state index contributed by atoms with van der Waals surface area (Å²) in [4.78, 5) is 0. The summed E-state index contributed by atoms with van der Waals surface area (Å²) < 4.78 is 14.3. The molecular formula is C19H30FNO. The Morgan fingerprint density at radius 1 is 1.23 bits per heavy atom. The van der Waals surface area contributed by atoms with Gasteiger partial charge >= 0.3 is 0 Å². The van der Waals surface area contributed by atoms with E-state index < -0.39 is 6.17 Å². The van der Waals surface area contributed by atoms with Crippen LogP contribution in [0.3, 0.4) is 0 Å². The first-order valence-corrected chi connectivity index (χ1v) is 9.13. The first-order valence-electron chi connectivity index (χ1n) is 9.13. The molecule has 2 nitrogen and oxygen atoms in total. The molecule has 3 fully saturated rings. The molecule has 0 radical (unpaired) electrons. The van der Waals surface area contributed by atoms with Gasteiger partial charge in [-0.3, -0.25) is 0 Å². The van der Waals surface area contributed by atoms with Gasteiger partial charge in [0.2, 0.25) is 0 Å². The Morgan fingerprint density at radius 3 is 2.77 bits per heavy atom. The molecule has 4 aliphatic rings. The molecule has 22 heavy (non-hydrogen) atoms. The van der Waals surface area contributed by atoms with Gasteiger partial charge in [0.25, 0.3) is 0 Å². The highest BCUT2D eigenvalue weighted by molar-refractivity contribution is 5.25. The molecule has 3 saturated carbocycles. The van der Waals surface area contributed by atoms with Gasteiger partial charge in [0.1, 0.15) is 6.17 Å². The fraction of sp³-hybridized carbons (Fsp3) is 0.895. The molecule has 0 saturated heterocycles. The van der Waals surface area contributed by atoms with Crippen LogP contribution in [-0.4, -0.2) is 23.4 Å². The second-order valence-corrected chi connectivity index (χ2v) is 8.98. The van der Waals surface area contributed by atoms with Gasteiger partial charge < -0.3 is 10.8 Å². The van der Waals surface area contributed by atoms with E-state index in [0.717, 1.165) is 32.1 Å². The maximum absolute atomic E-state index is 14.3. The van der Waals surface area contributed by atoms with Crippen LogP contribution in [0.5, 0.6) is 0 Å². The van der Waals surface area contributed by atoms with Gasteiger partial charge in [0.05, 0.1) is 6.10 Å². The lowest BCUT2D eigenvalue weighted by molar-refractivity contribution is -0.0402. The van der Waals surface area contributed by atoms with Gasteiger partial charge in [-0.15, -0.1) is 0 Å². The molecule has 3 N–H and O–H groups in total. The smallest absolute Gasteiger partial charge is 0.116 e. The molecule has 4 rings (SSSR count). The van der Waals surface area contributed by atoms with Crippen LogP contribution in [0.1, 0.15) is 58.8 Å². The zero-order chi connectivity index (χ0) is 15.7. The summed E-state index contributed by atoms with van der Waals surface area (Å²) in [6.45, 7) is 4.65. The van der Waals surface area contributed by atoms with E-state index in [-0.39, 0.29) is 23.0 Å². The highest BCUT2D eigenvalue weighted by Crippen LogP contribution is 2.64. The van der Waals surface area contributed by atoms with E-state index in [1.165, 1.54) is 12.0 Å². The number of alkyl halides is 1. The number of allylic oxidation sites excluding steroid dienone is 1. The monoisotopic (exact) mass is 307 g/mol. The molecular weight excluding hydrogens is 277 g/mol. The third-order valence-electron chi connectivity index (χ3n) is 8.15. The summed E-state index contributed by atoms with van der Waals surface area (Å²) in [7, 11) is 0. The fourth-order valence-corrected chi connectivity index (χ4v) is 6.65. The lowest BCUT2D eigenvalue weighted by Crippen LogP contribution is -2.52. The average Bonchev–Trinajstić information content (AvgIpc) is 2.72. The van der Waals surface area contributed by atoms with Crippen molar-refractivity contribution in [1.82, 2.24) is 0 Å². The molecule has 0 aliphatic heterocycles. The maximum Gasteiger partial charge on any atom is 0.116 e. The number of rotatable bonds is 0. The summed E-state index contributed by atoms with van der Waals surface area (Å²) in [5.41, 5.74) is 7.96. The summed E-state index contributed by atoms with van der Waals surface area (Å²) in [6, 6.07) is -0.273. The van der Waals surface area contributed by atoms with Gasteiger partial charge in [0, 0.05) is 6.04 Å². The predicted octanol–water partition coefficient (Wildman–Crippen LogP) is 3.59. The van der Waals surface area contributed by atoms with Crippen LogP contribution >= 0.6 is 0 Å². The lowest BCUT2D eigenvalue weighted by atomic mass is 9.48. The summed E-state index contributed by atoms with van der Waals surface area (Å²) in [5.74, 6) is 1.70. The van der Waals surface area contributed by atoms with E-state index in [2.05, 4.69) is 19.9 Å². The molecule has 0 spiro atoms. The number of hydrogen-bond donors (Lipinski definition) is 2. The van der Waals surface area contributed by atoms with Crippen LogP contribution in [0.4, 0.5) is 4.39 Å². The molecule has 0 bridgehead atoms. The molecule has 0 aromatic carbocycles. The van der Waals surface area contributed by atoms with Crippen molar-refractivity contribution in [2.45, 2.75) is 77.1 Å². The van der Waals surface area contributed by atoms with Crippen LogP contribution in [-0.2, 0) is 0 Å². The van der Waals surface area contributed by atoms with Crippen molar-refractivity contribution in [3.63, 3.8) is 0 Å². The molecule has 0 heterocycles. The maximum atomic E-state index is 14.3. The minimum absolute atomic E-state index is 0.00350. The van der Waals surface area contributed by atoms with Gasteiger partial charge in [-0.25, -0.2) is 4.39 Å². The molecule has 124 valence electrons. The number of aliphatic hydroxyl groups excluding tert-OH is 1. The van der Waals surface area contributed by atoms with E-state index in [4.69, 9.17) is 5.73 Å². The summed E-state index contributed by atoms with van der Waals surface area (Å²) >= 11 is 0. The van der Waals surface area contributed by atoms with Crippen LogP contribution in [0, 0.1) is 28.6 Å². The van der Waals surface area contributed by atoms with Crippen LogP contribution < -0.4 is 5.73 Å². The number of fused-ring (bicyclic) bond motifs is 5. The topological polar surface area (TPSA) is 46.2 Å². The predicted molar refractivity (Wildman–Crippen MR) is 86.0 cm³/mol. The Hall–Kier alpha value is -0.410. The highest BCUT2D eigenvalue weighted by Gasteiger charge is 2.60. The first kappa shape index (κ1) is 15.1. The first-order chi connectivity index (χ1) is 10.4. The fourth-order valence-electron chi connectivity index (χ4n) is 6.65. The van der Waals surface area contributed by atoms with E-state index in [1.807, 2.05) is 0 Å². The van der Waals surface area contributed by atoms with E-state index in [1.54, 1.807) is 0 Å². The number of aliphatic hydroxyl groups is 1. The second kappa shape index (κ2) is 4.80. The molecule has 4 aliphatic carbocycles. The quantitative estimate of drug-likeness (QED) is 0.672. The van der Waals surface area contributed by atoms with Crippen molar-refractivity contribution >= 4 is 0 Å². The van der Waals surface area contributed by atoms with Crippen LogP contribution in [0.2, 0.25) is 0 Å². The lowest BCUT2D eigenvalue weighted by Gasteiger charge is -2.57. The molecule has 0 unspecified atom stereocenters. The second-order valence-electron chi connectivity index (χ2n) is 8.98. The standard InChI is InChI=1S/C19H30FNO/c1-18-7-5-12(22)9-11(18)3-4-13-14(18)6-8-19(2)15(13)10-16(20)17(19)21/h3,12-17,22H,4-10,21H2,1-2H3/t12-,13-,14+,15+,16-,17+,18+,19+/m1/s1. The van der Waals surface area contributed by atoms with E-state index in [0.29, 0.717) is 24.2 Å². The number of hydrogen-bond acceptors (Lipinski definition) is 2. The normalized spacial score (nSPS) is 57.6. The largest absolute Gasteiger partial charge is 0.393 e.